The summed E-state index contributed by atoms with van der Waals surface area (Å²) in [5.41, 5.74) is 3.76. The molecule has 51 heavy (non-hydrogen) atoms. The molecule has 262 valence electrons. The van der Waals surface area contributed by atoms with E-state index in [-0.39, 0.29) is 11.6 Å². The number of rotatable bonds is 7. The molecule has 1 heterocycles. The molecule has 2 N–H and O–H groups in total. The zero-order valence-electron chi connectivity index (χ0n) is 28.4. The van der Waals surface area contributed by atoms with Crippen LogP contribution in [-0.4, -0.2) is 84.8 Å². The van der Waals surface area contributed by atoms with Gasteiger partial charge in [0.25, 0.3) is 0 Å². The van der Waals surface area contributed by atoms with Gasteiger partial charge in [-0.15, -0.1) is 0 Å². The number of fused-ring (bicyclic) bond motifs is 1. The summed E-state index contributed by atoms with van der Waals surface area (Å²) in [6.45, 7) is 0. The molecule has 6 radical (unpaired) electrons. The number of halogens is 6. The molecule has 2 aliphatic rings. The topological polar surface area (TPSA) is 38.6 Å². The van der Waals surface area contributed by atoms with Crippen LogP contribution in [0.4, 0.5) is 37.7 Å². The van der Waals surface area contributed by atoms with Gasteiger partial charge in [0, 0.05) is 0 Å². The van der Waals surface area contributed by atoms with Crippen LogP contribution in [0.3, 0.4) is 0 Å². The minimum atomic E-state index is -4.99. The van der Waals surface area contributed by atoms with Gasteiger partial charge in [0.2, 0.25) is 0 Å². The first-order valence-electron chi connectivity index (χ1n) is 15.9. The van der Waals surface area contributed by atoms with Gasteiger partial charge in [-0.2, -0.15) is 0 Å². The normalized spacial score (nSPS) is 17.2. The summed E-state index contributed by atoms with van der Waals surface area (Å²) in [6.07, 6.45) is 1.84. The van der Waals surface area contributed by atoms with Gasteiger partial charge in [-0.25, -0.2) is 0 Å². The molecule has 12 heteroatoms. The predicted octanol–water partition coefficient (Wildman–Crippen LogP) is 8.32. The summed E-state index contributed by atoms with van der Waals surface area (Å²) < 4.78 is 92.4. The van der Waals surface area contributed by atoms with Gasteiger partial charge in [-0.3, -0.25) is 0 Å². The third-order valence-corrected chi connectivity index (χ3v) is 11.2. The minimum absolute atomic E-state index is 0.154. The number of nitrogens with zero attached hydrogens (tertiary/aromatic N) is 2. The number of anilines is 2. The second kappa shape index (κ2) is 15.8. The fraction of sp³-hybridized carbons (Fsp3) is 0.231. The average molecular weight is 1090 g/mol. The Bertz CT molecular complexity index is 1990. The number of alkyl halides is 6. The van der Waals surface area contributed by atoms with Gasteiger partial charge in [0.1, 0.15) is 0 Å². The zero-order valence-corrected chi connectivity index (χ0v) is 36.1. The van der Waals surface area contributed by atoms with Crippen molar-refractivity contribution in [2.75, 3.05) is 38.0 Å². The first-order valence-corrected chi connectivity index (χ1v) is 19.8. The maximum absolute atomic E-state index is 14.1. The third kappa shape index (κ3) is 9.21. The van der Waals surface area contributed by atoms with Crippen LogP contribution in [0.5, 0.6) is 5.75 Å². The Hall–Kier alpha value is -3.28. The molecule has 4 nitrogen and oxygen atoms in total. The molecule has 1 aliphatic carbocycles. The molecule has 0 bridgehead atoms. The van der Waals surface area contributed by atoms with E-state index in [0.29, 0.717) is 98.8 Å². The van der Waals surface area contributed by atoms with Crippen molar-refractivity contribution in [1.82, 2.24) is 0 Å². The van der Waals surface area contributed by atoms with Gasteiger partial charge >= 0.3 is 328 Å². The van der Waals surface area contributed by atoms with Crippen LogP contribution in [0.2, 0.25) is 0 Å². The SMILES string of the molecule is CN(C)c1ccc(C(=C\[OH2+])/C=C/C2=C(c3cc(C(F)(F)F)cc(C(F)(F)F)c3)C(=C/C=C3\C=[C]([Pb])Oc4cc(N(C)C)ccc43)/CCC2)[c]([Pb])c1. The standard InChI is InChI=1S/C39H34F6N2O2.2Pb/c1-46(2)33-14-12-25(13-15-33)29(24-48)11-10-28-7-5-6-27(9-8-26-18-19-49-36-23-34(47(3)4)16-17-35(26)36)37(28)30-20-31(38(40,41)42)22-32(21-30)39(43,44)45;;/h8-12,14-18,20-24,48H,5-7H2,1-4H3;;/p+1/b11-10+,26-8+,27-9+,29-24-;;. The Morgan fingerprint density at radius 1 is 0.804 bits per heavy atom. The van der Waals surface area contributed by atoms with Crippen LogP contribution >= 0.6 is 0 Å². The zero-order chi connectivity index (χ0) is 37.2. The van der Waals surface area contributed by atoms with E-state index in [2.05, 4.69) is 0 Å². The van der Waals surface area contributed by atoms with Crippen LogP contribution in [0.15, 0.2) is 106 Å². The second-order valence-corrected chi connectivity index (χ2v) is 16.6. The van der Waals surface area contributed by atoms with E-state index >= 15 is 0 Å². The molecule has 0 unspecified atom stereocenters. The first-order chi connectivity index (χ1) is 24.0. The molecule has 3 aromatic carbocycles. The van der Waals surface area contributed by atoms with Crippen LogP contribution in [0.25, 0.3) is 16.7 Å². The Balaban J connectivity index is 1.70. The van der Waals surface area contributed by atoms with Crippen molar-refractivity contribution in [3.8, 4) is 5.75 Å². The predicted molar refractivity (Wildman–Crippen MR) is 195 cm³/mol. The van der Waals surface area contributed by atoms with E-state index in [1.807, 2.05) is 92.6 Å². The molecule has 1 aliphatic heterocycles. The van der Waals surface area contributed by atoms with Crippen molar-refractivity contribution in [2.45, 2.75) is 31.6 Å². The van der Waals surface area contributed by atoms with Crippen LogP contribution in [0, 0.1) is 0 Å². The number of allylic oxidation sites excluding steroid dienone is 10. The summed E-state index contributed by atoms with van der Waals surface area (Å²) >= 11 is 1.33. The summed E-state index contributed by atoms with van der Waals surface area (Å²) in [7, 11) is 7.73. The number of hydrogen-bond acceptors (Lipinski definition) is 3. The van der Waals surface area contributed by atoms with Crippen LogP contribution < -0.4 is 17.7 Å². The van der Waals surface area contributed by atoms with Gasteiger partial charge in [-0.05, 0) is 0 Å². The first kappa shape index (κ1) is 38.9. The molecule has 3 aromatic rings. The van der Waals surface area contributed by atoms with Crippen molar-refractivity contribution in [2.24, 2.45) is 0 Å². The van der Waals surface area contributed by atoms with E-state index in [4.69, 9.17) is 9.84 Å². The van der Waals surface area contributed by atoms with Crippen molar-refractivity contribution < 1.29 is 36.2 Å². The van der Waals surface area contributed by atoms with Gasteiger partial charge in [0.15, 0.2) is 0 Å². The number of hydrogen-bond donors (Lipinski definition) is 0. The molecule has 0 saturated carbocycles. The fourth-order valence-electron chi connectivity index (χ4n) is 6.00. The van der Waals surface area contributed by atoms with Gasteiger partial charge < -0.3 is 0 Å². The van der Waals surface area contributed by atoms with E-state index in [0.717, 1.165) is 46.6 Å². The molecule has 0 atom stereocenters. The maximum atomic E-state index is 14.1. The fourth-order valence-corrected chi connectivity index (χ4v) is 8.50. The van der Waals surface area contributed by atoms with Crippen molar-refractivity contribution >= 4 is 82.8 Å². The molecule has 0 saturated heterocycles. The molecular formula is C39H35F6N2O2Pb2+. The van der Waals surface area contributed by atoms with Gasteiger partial charge in [0.05, 0.1) is 0 Å². The summed E-state index contributed by atoms with van der Waals surface area (Å²) in [5.74, 6) is 0.681. The Labute approximate surface area is 325 Å². The molecule has 5 rings (SSSR count). The Kier molecular flexibility index (Phi) is 12.0. The number of ether oxygens (including phenoxy) is 1. The van der Waals surface area contributed by atoms with Crippen molar-refractivity contribution in [1.29, 1.82) is 0 Å². The summed E-state index contributed by atoms with van der Waals surface area (Å²) in [5, 5.41) is 8.18. The van der Waals surface area contributed by atoms with Crippen LogP contribution in [-0.2, 0) is 12.4 Å². The van der Waals surface area contributed by atoms with E-state index in [9.17, 15) is 26.3 Å². The van der Waals surface area contributed by atoms with Crippen LogP contribution in [0.1, 0.15) is 47.1 Å². The Morgan fingerprint density at radius 2 is 1.43 bits per heavy atom. The second-order valence-electron chi connectivity index (χ2n) is 12.6. The monoisotopic (exact) mass is 1090 g/mol. The van der Waals surface area contributed by atoms with E-state index in [1.54, 1.807) is 12.2 Å². The molecule has 0 fully saturated rings. The molecular weight excluding hydrogens is 1060 g/mol. The quantitative estimate of drug-likeness (QED) is 0.0787. The summed E-state index contributed by atoms with van der Waals surface area (Å²) in [6, 6.07) is 13.6. The molecule has 0 spiro atoms. The summed E-state index contributed by atoms with van der Waals surface area (Å²) in [4.78, 5) is 3.94. The van der Waals surface area contributed by atoms with Crippen molar-refractivity contribution in [3.05, 3.63) is 134 Å². The third-order valence-electron chi connectivity index (χ3n) is 8.62. The van der Waals surface area contributed by atoms with Crippen molar-refractivity contribution in [3.63, 3.8) is 0 Å². The average Bonchev–Trinajstić information content (AvgIpc) is 3.06. The molecule has 0 amide bonds. The van der Waals surface area contributed by atoms with E-state index in [1.165, 1.54) is 6.26 Å². The van der Waals surface area contributed by atoms with E-state index < -0.39 is 23.5 Å². The van der Waals surface area contributed by atoms with Gasteiger partial charge in [-0.1, -0.05) is 0 Å². The Morgan fingerprint density at radius 3 is 2.02 bits per heavy atom. The molecule has 0 aromatic heterocycles. The number of benzene rings is 3.